The summed E-state index contributed by atoms with van der Waals surface area (Å²) in [5.41, 5.74) is 3.03. The molecular weight excluding hydrogens is 294 g/mol. The third-order valence-electron chi connectivity index (χ3n) is 4.05. The van der Waals surface area contributed by atoms with E-state index in [4.69, 9.17) is 0 Å². The molecule has 2 atom stereocenters. The van der Waals surface area contributed by atoms with E-state index in [1.165, 1.54) is 5.56 Å². The Bertz CT molecular complexity index is 640. The molecule has 1 N–H and O–H groups in total. The first-order chi connectivity index (χ1) is 10.6. The van der Waals surface area contributed by atoms with Gasteiger partial charge in [0.2, 0.25) is 5.91 Å². The summed E-state index contributed by atoms with van der Waals surface area (Å²) in [6.07, 6.45) is 0.366. The highest BCUT2D eigenvalue weighted by Crippen LogP contribution is 2.36. The van der Waals surface area contributed by atoms with Gasteiger partial charge in [0, 0.05) is 23.2 Å². The Kier molecular flexibility index (Phi) is 4.52. The van der Waals surface area contributed by atoms with Crippen LogP contribution < -0.4 is 0 Å². The molecule has 0 aliphatic carbocycles. The van der Waals surface area contributed by atoms with Crippen LogP contribution in [0.5, 0.6) is 0 Å². The van der Waals surface area contributed by atoms with Gasteiger partial charge in [0.1, 0.15) is 0 Å². The van der Waals surface area contributed by atoms with Gasteiger partial charge in [-0.2, -0.15) is 16.9 Å². The summed E-state index contributed by atoms with van der Waals surface area (Å²) in [7, 11) is 0. The largest absolute Gasteiger partial charge is 0.333 e. The summed E-state index contributed by atoms with van der Waals surface area (Å²) in [5.74, 6) is 1.16. The fraction of sp³-hybridized carbons (Fsp3) is 0.412. The number of rotatable bonds is 3. The van der Waals surface area contributed by atoms with E-state index in [2.05, 4.69) is 29.3 Å². The molecule has 0 radical (unpaired) electrons. The van der Waals surface area contributed by atoms with E-state index in [0.717, 1.165) is 23.7 Å². The standard InChI is InChI=1S/C17H21N3OS/c1-12-10-15(19-18-12)11-16(21)20-8-9-22-13(2)17(20)14-6-4-3-5-7-14/h3-7,10,13,17H,8-9,11H2,1-2H3,(H,18,19). The van der Waals surface area contributed by atoms with Crippen LogP contribution in [0.25, 0.3) is 0 Å². The lowest BCUT2D eigenvalue weighted by Gasteiger charge is -2.40. The summed E-state index contributed by atoms with van der Waals surface area (Å²) in [4.78, 5) is 14.8. The lowest BCUT2D eigenvalue weighted by Crippen LogP contribution is -2.44. The number of hydrogen-bond donors (Lipinski definition) is 1. The van der Waals surface area contributed by atoms with E-state index >= 15 is 0 Å². The smallest absolute Gasteiger partial charge is 0.229 e. The summed E-state index contributed by atoms with van der Waals surface area (Å²) in [6, 6.07) is 12.4. The van der Waals surface area contributed by atoms with Crippen LogP contribution in [-0.2, 0) is 11.2 Å². The van der Waals surface area contributed by atoms with Gasteiger partial charge < -0.3 is 4.90 Å². The molecule has 0 saturated carbocycles. The van der Waals surface area contributed by atoms with Crippen LogP contribution in [0.3, 0.4) is 0 Å². The van der Waals surface area contributed by atoms with Gasteiger partial charge in [-0.15, -0.1) is 0 Å². The summed E-state index contributed by atoms with van der Waals surface area (Å²) in [6.45, 7) is 4.96. The van der Waals surface area contributed by atoms with E-state index in [0.29, 0.717) is 11.7 Å². The molecule has 22 heavy (non-hydrogen) atoms. The Morgan fingerprint density at radius 2 is 2.18 bits per heavy atom. The van der Waals surface area contributed by atoms with E-state index in [9.17, 15) is 4.79 Å². The molecule has 1 aromatic carbocycles. The molecule has 1 aliphatic rings. The lowest BCUT2D eigenvalue weighted by atomic mass is 10.0. The highest BCUT2D eigenvalue weighted by molar-refractivity contribution is 8.00. The molecule has 1 amide bonds. The van der Waals surface area contributed by atoms with Gasteiger partial charge in [0.25, 0.3) is 0 Å². The first-order valence-corrected chi connectivity index (χ1v) is 8.67. The Morgan fingerprint density at radius 3 is 2.86 bits per heavy atom. The van der Waals surface area contributed by atoms with E-state index in [-0.39, 0.29) is 11.9 Å². The van der Waals surface area contributed by atoms with E-state index in [1.807, 2.05) is 47.9 Å². The van der Waals surface area contributed by atoms with Crippen molar-refractivity contribution in [2.45, 2.75) is 31.6 Å². The maximum atomic E-state index is 12.8. The van der Waals surface area contributed by atoms with E-state index < -0.39 is 0 Å². The number of carbonyl (C=O) groups excluding carboxylic acids is 1. The number of nitrogens with zero attached hydrogens (tertiary/aromatic N) is 2. The van der Waals surface area contributed by atoms with Crippen LogP contribution in [0, 0.1) is 6.92 Å². The van der Waals surface area contributed by atoms with Gasteiger partial charge in [-0.3, -0.25) is 9.89 Å². The summed E-state index contributed by atoms with van der Waals surface area (Å²) < 4.78 is 0. The van der Waals surface area contributed by atoms with Crippen molar-refractivity contribution in [1.29, 1.82) is 0 Å². The van der Waals surface area contributed by atoms with Gasteiger partial charge in [-0.25, -0.2) is 0 Å². The Morgan fingerprint density at radius 1 is 1.41 bits per heavy atom. The molecule has 2 heterocycles. The number of hydrogen-bond acceptors (Lipinski definition) is 3. The number of thioether (sulfide) groups is 1. The molecule has 1 fully saturated rings. The number of aromatic nitrogens is 2. The van der Waals surface area contributed by atoms with E-state index in [1.54, 1.807) is 0 Å². The fourth-order valence-electron chi connectivity index (χ4n) is 3.02. The second-order valence-corrected chi connectivity index (χ2v) is 7.22. The number of aromatic amines is 1. The lowest BCUT2D eigenvalue weighted by molar-refractivity contribution is -0.133. The third-order valence-corrected chi connectivity index (χ3v) is 5.25. The summed E-state index contributed by atoms with van der Waals surface area (Å²) >= 11 is 1.94. The minimum Gasteiger partial charge on any atom is -0.333 e. The zero-order chi connectivity index (χ0) is 15.5. The van der Waals surface area contributed by atoms with Gasteiger partial charge >= 0.3 is 0 Å². The van der Waals surface area contributed by atoms with Crippen molar-refractivity contribution in [3.8, 4) is 0 Å². The normalized spacial score (nSPS) is 21.8. The molecule has 1 aromatic heterocycles. The van der Waals surface area contributed by atoms with Crippen molar-refractivity contribution in [3.05, 3.63) is 53.3 Å². The highest BCUT2D eigenvalue weighted by atomic mass is 32.2. The number of H-pyrrole nitrogens is 1. The van der Waals surface area contributed by atoms with Crippen molar-refractivity contribution >= 4 is 17.7 Å². The topological polar surface area (TPSA) is 49.0 Å². The minimum absolute atomic E-state index is 0.146. The Hall–Kier alpha value is -1.75. The van der Waals surface area contributed by atoms with Gasteiger partial charge in [-0.1, -0.05) is 37.3 Å². The molecule has 4 nitrogen and oxygen atoms in total. The first kappa shape index (κ1) is 15.2. The van der Waals surface area contributed by atoms with Gasteiger partial charge in [-0.05, 0) is 18.6 Å². The fourth-order valence-corrected chi connectivity index (χ4v) is 4.18. The quantitative estimate of drug-likeness (QED) is 0.947. The van der Waals surface area contributed by atoms with Crippen molar-refractivity contribution in [2.24, 2.45) is 0 Å². The SMILES string of the molecule is Cc1cc(CC(=O)N2CCSC(C)C2c2ccccc2)n[nH]1. The monoisotopic (exact) mass is 315 g/mol. The van der Waals surface area contributed by atoms with Crippen LogP contribution in [0.4, 0.5) is 0 Å². The molecule has 5 heteroatoms. The number of aryl methyl sites for hydroxylation is 1. The van der Waals surface area contributed by atoms with Crippen LogP contribution >= 0.6 is 11.8 Å². The van der Waals surface area contributed by atoms with Gasteiger partial charge in [0.05, 0.1) is 18.2 Å². The molecule has 1 saturated heterocycles. The predicted molar refractivity (Wildman–Crippen MR) is 89.8 cm³/mol. The maximum absolute atomic E-state index is 12.8. The van der Waals surface area contributed by atoms with Crippen LogP contribution in [-0.4, -0.2) is 38.6 Å². The molecular formula is C17H21N3OS. The second-order valence-electron chi connectivity index (χ2n) is 5.74. The first-order valence-electron chi connectivity index (χ1n) is 7.62. The summed E-state index contributed by atoms with van der Waals surface area (Å²) in [5, 5.41) is 7.50. The zero-order valence-electron chi connectivity index (χ0n) is 13.0. The van der Waals surface area contributed by atoms with Crippen molar-refractivity contribution in [3.63, 3.8) is 0 Å². The molecule has 0 spiro atoms. The average molecular weight is 315 g/mol. The molecule has 2 unspecified atom stereocenters. The van der Waals surface area contributed by atoms with Gasteiger partial charge in [0.15, 0.2) is 0 Å². The Labute approximate surface area is 135 Å². The minimum atomic E-state index is 0.146. The third kappa shape index (κ3) is 3.19. The molecule has 2 aromatic rings. The predicted octanol–water partition coefficient (Wildman–Crippen LogP) is 2.97. The van der Waals surface area contributed by atoms with Crippen LogP contribution in [0.1, 0.15) is 29.9 Å². The van der Waals surface area contributed by atoms with Crippen molar-refractivity contribution < 1.29 is 4.79 Å². The molecule has 3 rings (SSSR count). The number of carbonyl (C=O) groups is 1. The maximum Gasteiger partial charge on any atom is 0.229 e. The highest BCUT2D eigenvalue weighted by Gasteiger charge is 2.33. The van der Waals surface area contributed by atoms with Crippen molar-refractivity contribution in [2.75, 3.05) is 12.3 Å². The van der Waals surface area contributed by atoms with Crippen LogP contribution in [0.2, 0.25) is 0 Å². The average Bonchev–Trinajstić information content (AvgIpc) is 2.93. The molecule has 0 bridgehead atoms. The zero-order valence-corrected chi connectivity index (χ0v) is 13.8. The molecule has 1 aliphatic heterocycles. The number of amides is 1. The van der Waals surface area contributed by atoms with Crippen LogP contribution in [0.15, 0.2) is 36.4 Å². The second kappa shape index (κ2) is 6.57. The number of benzene rings is 1. The molecule has 116 valence electrons. The van der Waals surface area contributed by atoms with Crippen molar-refractivity contribution in [1.82, 2.24) is 15.1 Å². The Balaban J connectivity index is 1.81. The number of nitrogens with one attached hydrogen (secondary N) is 1.